The van der Waals surface area contributed by atoms with Gasteiger partial charge in [-0.05, 0) is 131 Å². The van der Waals surface area contributed by atoms with Crippen LogP contribution in [0.3, 0.4) is 0 Å². The number of benzene rings is 12. The summed E-state index contributed by atoms with van der Waals surface area (Å²) in [6.07, 6.45) is 0. The van der Waals surface area contributed by atoms with E-state index in [9.17, 15) is 0 Å². The molecule has 0 aliphatic carbocycles. The van der Waals surface area contributed by atoms with Gasteiger partial charge < -0.3 is 19.4 Å². The van der Waals surface area contributed by atoms with Gasteiger partial charge in [-0.2, -0.15) is 0 Å². The van der Waals surface area contributed by atoms with Crippen molar-refractivity contribution in [2.45, 2.75) is 6.92 Å². The summed E-state index contributed by atoms with van der Waals surface area (Å²) in [6.45, 7) is 1.89. The fraction of sp³-hybridized carbons (Fsp3) is 0.0133. The van der Waals surface area contributed by atoms with E-state index in [1.165, 1.54) is 21.9 Å². The summed E-state index contributed by atoms with van der Waals surface area (Å²) in [7, 11) is 0. The quantitative estimate of drug-likeness (QED) is 0.134. The van der Waals surface area contributed by atoms with E-state index in [4.69, 9.17) is 14.7 Å². The maximum Gasteiger partial charge on any atom is 0.256 e. The number of imidazole rings is 2. The summed E-state index contributed by atoms with van der Waals surface area (Å²) in [5.41, 5.74) is 26.0. The van der Waals surface area contributed by atoms with Crippen molar-refractivity contribution < 1.29 is 4.74 Å². The van der Waals surface area contributed by atoms with Crippen molar-refractivity contribution in [3.63, 3.8) is 0 Å². The summed E-state index contributed by atoms with van der Waals surface area (Å²) in [4.78, 5) is 18.4. The summed E-state index contributed by atoms with van der Waals surface area (Å²) in [6, 6.07) is 100. The smallest absolute Gasteiger partial charge is 0.256 e. The molecular formula is C75H49B2N7O. The second-order valence-corrected chi connectivity index (χ2v) is 22.5. The maximum absolute atomic E-state index is 7.83. The van der Waals surface area contributed by atoms with Crippen molar-refractivity contribution in [1.82, 2.24) is 19.1 Å². The molecule has 0 radical (unpaired) electrons. The molecule has 4 aliphatic rings. The fourth-order valence-corrected chi connectivity index (χ4v) is 14.4. The molecule has 8 nitrogen and oxygen atoms in total. The van der Waals surface area contributed by atoms with Crippen LogP contribution >= 0.6 is 0 Å². The number of hydrogen-bond donors (Lipinski definition) is 0. The Kier molecular flexibility index (Phi) is 10.3. The highest BCUT2D eigenvalue weighted by atomic mass is 16.5. The zero-order chi connectivity index (χ0) is 55.9. The maximum atomic E-state index is 7.83. The lowest BCUT2D eigenvalue weighted by Gasteiger charge is -2.43. The van der Waals surface area contributed by atoms with Crippen molar-refractivity contribution in [3.05, 3.63) is 285 Å². The summed E-state index contributed by atoms with van der Waals surface area (Å²) >= 11 is 0. The molecule has 0 saturated carbocycles. The van der Waals surface area contributed by atoms with Crippen LogP contribution in [0.15, 0.2) is 279 Å². The molecule has 18 rings (SSSR count). The van der Waals surface area contributed by atoms with E-state index in [0.29, 0.717) is 0 Å². The Morgan fingerprint density at radius 2 is 0.776 bits per heavy atom. The Morgan fingerprint density at radius 3 is 1.26 bits per heavy atom. The molecule has 4 aliphatic heterocycles. The average Bonchev–Trinajstić information content (AvgIpc) is 1.86. The van der Waals surface area contributed by atoms with E-state index in [2.05, 4.69) is 310 Å². The largest absolute Gasteiger partial charge is 0.458 e. The van der Waals surface area contributed by atoms with Crippen LogP contribution in [0.4, 0.5) is 51.2 Å². The van der Waals surface area contributed by atoms with E-state index in [0.717, 1.165) is 135 Å². The van der Waals surface area contributed by atoms with E-state index >= 15 is 0 Å². The predicted molar refractivity (Wildman–Crippen MR) is 351 cm³/mol. The molecule has 0 saturated heterocycles. The monoisotopic (exact) mass is 1090 g/mol. The van der Waals surface area contributed by atoms with Crippen molar-refractivity contribution in [3.8, 4) is 45.6 Å². The van der Waals surface area contributed by atoms with E-state index in [1.54, 1.807) is 0 Å². The molecule has 0 bridgehead atoms. The van der Waals surface area contributed by atoms with Gasteiger partial charge in [0.2, 0.25) is 0 Å². The second kappa shape index (κ2) is 18.5. The zero-order valence-electron chi connectivity index (χ0n) is 46.3. The minimum absolute atomic E-state index is 0.195. The minimum atomic E-state index is -0.210. The Hall–Kier alpha value is -11.1. The Balaban J connectivity index is 0.952. The van der Waals surface area contributed by atoms with Gasteiger partial charge in [0, 0.05) is 73.9 Å². The van der Waals surface area contributed by atoms with Crippen LogP contribution in [-0.2, 0) is 0 Å². The van der Waals surface area contributed by atoms with E-state index in [1.807, 2.05) is 0 Å². The fourth-order valence-electron chi connectivity index (χ4n) is 14.4. The van der Waals surface area contributed by atoms with Gasteiger partial charge in [-0.15, -0.1) is 0 Å². The number of para-hydroxylation sites is 7. The molecule has 10 heteroatoms. The molecule has 0 fully saturated rings. The molecule has 6 heterocycles. The van der Waals surface area contributed by atoms with Gasteiger partial charge in [-0.1, -0.05) is 182 Å². The third kappa shape index (κ3) is 7.00. The normalized spacial score (nSPS) is 12.8. The van der Waals surface area contributed by atoms with Gasteiger partial charge in [0.25, 0.3) is 13.4 Å². The Labute approximate surface area is 492 Å². The minimum Gasteiger partial charge on any atom is -0.458 e. The molecular weight excluding hydrogens is 1040 g/mol. The first kappa shape index (κ1) is 47.5. The zero-order valence-corrected chi connectivity index (χ0v) is 46.3. The Bertz CT molecular complexity index is 4920. The van der Waals surface area contributed by atoms with Crippen LogP contribution in [0.2, 0.25) is 0 Å². The number of anilines is 9. The molecule has 12 aromatic carbocycles. The number of rotatable bonds is 9. The van der Waals surface area contributed by atoms with Crippen LogP contribution < -0.4 is 52.2 Å². The van der Waals surface area contributed by atoms with Gasteiger partial charge in [0.15, 0.2) is 0 Å². The summed E-state index contributed by atoms with van der Waals surface area (Å²) in [5.74, 6) is 3.47. The standard InChI is InChI=1S/C75H49B2N7O/c1-48-70-60(47-61-73(48)85-67-46-57(81(53-33-17-6-18-34-53)54-35-19-7-20-36-54)45-66-69(67)77(61)59-40-24-42-63-72(59)84(66)75(79-63)50-27-11-3-12-28-50)76-58-39-23-41-62-71(58)83(74(78-62)49-25-9-2-10-26-49)65-44-56(43-64(68(65)76)82(70)55-37-21-8-22-38-55)80(51-29-13-4-14-30-51)52-31-15-5-16-32-52/h2-47H,1H3. The highest BCUT2D eigenvalue weighted by molar-refractivity contribution is 7.02. The van der Waals surface area contributed by atoms with Crippen LogP contribution in [0.5, 0.6) is 11.5 Å². The molecule has 2 aromatic heterocycles. The highest BCUT2D eigenvalue weighted by Crippen LogP contribution is 2.49. The first-order valence-corrected chi connectivity index (χ1v) is 29.1. The molecule has 0 amide bonds. The van der Waals surface area contributed by atoms with Crippen molar-refractivity contribution in [2.75, 3.05) is 14.7 Å². The lowest BCUT2D eigenvalue weighted by molar-refractivity contribution is 0.484. The Morgan fingerprint density at radius 1 is 0.365 bits per heavy atom. The van der Waals surface area contributed by atoms with Crippen molar-refractivity contribution in [2.24, 2.45) is 0 Å². The van der Waals surface area contributed by atoms with Crippen LogP contribution in [-0.4, -0.2) is 32.5 Å². The predicted octanol–water partition coefficient (Wildman–Crippen LogP) is 14.5. The number of hydrogen-bond acceptors (Lipinski definition) is 6. The lowest BCUT2D eigenvalue weighted by atomic mass is 9.30. The van der Waals surface area contributed by atoms with Crippen LogP contribution in [0, 0.1) is 6.92 Å². The molecule has 0 atom stereocenters. The van der Waals surface area contributed by atoms with Gasteiger partial charge in [0.05, 0.1) is 33.4 Å². The van der Waals surface area contributed by atoms with Gasteiger partial charge in [-0.25, -0.2) is 9.97 Å². The first-order chi connectivity index (χ1) is 42.1. The average molecular weight is 1090 g/mol. The highest BCUT2D eigenvalue weighted by Gasteiger charge is 2.48. The molecule has 396 valence electrons. The molecule has 85 heavy (non-hydrogen) atoms. The topological polar surface area (TPSA) is 54.6 Å². The van der Waals surface area contributed by atoms with Crippen LogP contribution in [0.25, 0.3) is 56.2 Å². The van der Waals surface area contributed by atoms with Crippen molar-refractivity contribution in [1.29, 1.82) is 0 Å². The third-order valence-electron chi connectivity index (χ3n) is 17.8. The van der Waals surface area contributed by atoms with Crippen LogP contribution in [0.1, 0.15) is 5.56 Å². The number of aromatic nitrogens is 4. The van der Waals surface area contributed by atoms with E-state index < -0.39 is 0 Å². The van der Waals surface area contributed by atoms with E-state index in [-0.39, 0.29) is 13.4 Å². The summed E-state index contributed by atoms with van der Waals surface area (Å²) in [5, 5.41) is 0. The van der Waals surface area contributed by atoms with Gasteiger partial charge in [0.1, 0.15) is 23.1 Å². The molecule has 14 aromatic rings. The number of nitrogens with zero attached hydrogens (tertiary/aromatic N) is 7. The molecule has 0 spiro atoms. The molecule has 0 N–H and O–H groups in total. The van der Waals surface area contributed by atoms with Gasteiger partial charge in [-0.3, -0.25) is 9.13 Å². The molecule has 0 unspecified atom stereocenters. The third-order valence-corrected chi connectivity index (χ3v) is 17.8. The first-order valence-electron chi connectivity index (χ1n) is 29.1. The van der Waals surface area contributed by atoms with Gasteiger partial charge >= 0.3 is 0 Å². The second-order valence-electron chi connectivity index (χ2n) is 22.5. The lowest BCUT2D eigenvalue weighted by Crippen LogP contribution is -2.64. The number of ether oxygens (including phenoxy) is 1. The summed E-state index contributed by atoms with van der Waals surface area (Å²) < 4.78 is 12.7. The SMILES string of the molecule is Cc1c2c(cc3c1N(c1ccccc1)c1cc(N(c4ccccc4)c4ccccc4)cc4c1B3c1cccc3nc(-c5ccccc5)n-4c13)B1c3c(cc(N(c4ccccc4)c4ccccc4)cc3-n3c(-c4ccccc4)nc4cccc1c43)O2. The van der Waals surface area contributed by atoms with Crippen molar-refractivity contribution >= 4 is 119 Å². The number of fused-ring (bicyclic) bond motifs is 8.